The van der Waals surface area contributed by atoms with Crippen LogP contribution in [0.3, 0.4) is 0 Å². The third-order valence-corrected chi connectivity index (χ3v) is 10.6. The van der Waals surface area contributed by atoms with Crippen molar-refractivity contribution in [3.8, 4) is 16.2 Å². The molecule has 0 bridgehead atoms. The number of aliphatic carboxylic acids is 1. The molecule has 0 radical (unpaired) electrons. The van der Waals surface area contributed by atoms with Gasteiger partial charge in [0.05, 0.1) is 17.7 Å². The number of halogens is 3. The number of hydrogen-bond donors (Lipinski definition) is 1. The van der Waals surface area contributed by atoms with Crippen molar-refractivity contribution in [3.63, 3.8) is 0 Å². The van der Waals surface area contributed by atoms with E-state index in [1.165, 1.54) is 34.4 Å². The van der Waals surface area contributed by atoms with Crippen molar-refractivity contribution < 1.29 is 41.0 Å². The standard InChI is InChI=1S/C23H20F3NO6S3/c24-23(25,26)33-17-3-1-15(2-4-17)18-5-6-19(35-18)22(13-20(28)29)8-9-27(10-12-36(22,31)32)21(30)16-7-11-34-14-16/h1-7,11,14H,8-10,12-13H2,(H,28,29)/t22-/m0/s1. The third kappa shape index (κ3) is 5.42. The molecule has 1 atom stereocenters. The molecule has 2 aromatic heterocycles. The summed E-state index contributed by atoms with van der Waals surface area (Å²) in [4.78, 5) is 27.0. The Kier molecular flexibility index (Phi) is 7.17. The first-order valence-electron chi connectivity index (χ1n) is 10.6. The Bertz CT molecular complexity index is 1350. The molecule has 36 heavy (non-hydrogen) atoms. The lowest BCUT2D eigenvalue weighted by Crippen LogP contribution is -2.39. The third-order valence-electron chi connectivity index (χ3n) is 5.93. The molecule has 0 spiro atoms. The number of carboxylic acids is 1. The molecule has 192 valence electrons. The van der Waals surface area contributed by atoms with Crippen LogP contribution in [0.25, 0.3) is 10.4 Å². The maximum absolute atomic E-state index is 13.5. The highest BCUT2D eigenvalue weighted by molar-refractivity contribution is 7.92. The number of hydrogen-bond acceptors (Lipinski definition) is 7. The van der Waals surface area contributed by atoms with Gasteiger partial charge in [-0.2, -0.15) is 11.3 Å². The number of ether oxygens (including phenoxy) is 1. The smallest absolute Gasteiger partial charge is 0.481 e. The van der Waals surface area contributed by atoms with Gasteiger partial charge in [-0.25, -0.2) is 8.42 Å². The van der Waals surface area contributed by atoms with Crippen molar-refractivity contribution in [2.45, 2.75) is 24.0 Å². The van der Waals surface area contributed by atoms with Crippen LogP contribution < -0.4 is 4.74 Å². The molecular formula is C23H20F3NO6S3. The number of benzene rings is 1. The molecule has 1 aromatic carbocycles. The summed E-state index contributed by atoms with van der Waals surface area (Å²) in [7, 11) is -4.01. The fourth-order valence-corrected chi connectivity index (χ4v) is 8.38. The zero-order chi connectivity index (χ0) is 26.1. The van der Waals surface area contributed by atoms with Gasteiger partial charge in [-0.1, -0.05) is 0 Å². The second-order valence-electron chi connectivity index (χ2n) is 8.17. The summed E-state index contributed by atoms with van der Waals surface area (Å²) in [6.45, 7) is -0.00478. The maximum atomic E-state index is 13.5. The molecule has 1 N–H and O–H groups in total. The topological polar surface area (TPSA) is 101 Å². The minimum absolute atomic E-state index is 0.0535. The second kappa shape index (κ2) is 9.87. The van der Waals surface area contributed by atoms with E-state index in [0.717, 1.165) is 23.5 Å². The van der Waals surface area contributed by atoms with Crippen LogP contribution in [0.2, 0.25) is 0 Å². The molecule has 1 amide bonds. The highest BCUT2D eigenvalue weighted by Crippen LogP contribution is 2.45. The molecular weight excluding hydrogens is 539 g/mol. The van der Waals surface area contributed by atoms with Gasteiger partial charge in [0.1, 0.15) is 10.5 Å². The number of sulfone groups is 1. The number of alkyl halides is 3. The molecule has 0 aliphatic carbocycles. The lowest BCUT2D eigenvalue weighted by molar-refractivity contribution is -0.274. The van der Waals surface area contributed by atoms with Crippen LogP contribution in [0.4, 0.5) is 13.2 Å². The first-order valence-corrected chi connectivity index (χ1v) is 14.0. The number of nitrogens with zero attached hydrogens (tertiary/aromatic N) is 1. The first kappa shape index (κ1) is 26.2. The number of carbonyl (C=O) groups is 2. The molecule has 4 rings (SSSR count). The summed E-state index contributed by atoms with van der Waals surface area (Å²) in [6, 6.07) is 9.90. The molecule has 1 aliphatic heterocycles. The normalized spacial score (nSPS) is 20.0. The van der Waals surface area contributed by atoms with E-state index in [1.54, 1.807) is 22.9 Å². The molecule has 1 saturated heterocycles. The fourth-order valence-electron chi connectivity index (χ4n) is 4.15. The lowest BCUT2D eigenvalue weighted by Gasteiger charge is -2.29. The van der Waals surface area contributed by atoms with Gasteiger partial charge < -0.3 is 14.7 Å². The summed E-state index contributed by atoms with van der Waals surface area (Å²) in [5, 5.41) is 13.1. The van der Waals surface area contributed by atoms with Crippen molar-refractivity contribution in [1.82, 2.24) is 4.90 Å². The Balaban J connectivity index is 1.66. The van der Waals surface area contributed by atoms with Gasteiger partial charge in [0.15, 0.2) is 9.84 Å². The lowest BCUT2D eigenvalue weighted by atomic mass is 9.97. The Morgan fingerprint density at radius 2 is 1.81 bits per heavy atom. The Morgan fingerprint density at radius 3 is 2.42 bits per heavy atom. The second-order valence-corrected chi connectivity index (χ2v) is 12.5. The van der Waals surface area contributed by atoms with Crippen LogP contribution in [-0.4, -0.2) is 55.5 Å². The fraction of sp³-hybridized carbons (Fsp3) is 0.304. The predicted molar refractivity (Wildman–Crippen MR) is 129 cm³/mol. The Hall–Kier alpha value is -2.90. The largest absolute Gasteiger partial charge is 0.573 e. The van der Waals surface area contributed by atoms with E-state index >= 15 is 0 Å². The minimum atomic E-state index is -4.83. The van der Waals surface area contributed by atoms with Gasteiger partial charge in [0.2, 0.25) is 0 Å². The van der Waals surface area contributed by atoms with Crippen molar-refractivity contribution >= 4 is 44.4 Å². The number of thiophene rings is 2. The van der Waals surface area contributed by atoms with Gasteiger partial charge in [-0.05, 0) is 59.8 Å². The van der Waals surface area contributed by atoms with Crippen LogP contribution in [0.1, 0.15) is 28.1 Å². The molecule has 7 nitrogen and oxygen atoms in total. The monoisotopic (exact) mass is 559 g/mol. The zero-order valence-corrected chi connectivity index (χ0v) is 21.0. The molecule has 0 unspecified atom stereocenters. The van der Waals surface area contributed by atoms with Gasteiger partial charge in [-0.3, -0.25) is 9.59 Å². The van der Waals surface area contributed by atoms with Crippen LogP contribution in [0.15, 0.2) is 53.2 Å². The highest BCUT2D eigenvalue weighted by atomic mass is 32.2. The highest BCUT2D eigenvalue weighted by Gasteiger charge is 2.50. The summed E-state index contributed by atoms with van der Waals surface area (Å²) in [6.07, 6.45) is -5.60. The van der Waals surface area contributed by atoms with E-state index in [1.807, 2.05) is 0 Å². The summed E-state index contributed by atoms with van der Waals surface area (Å²) in [5.74, 6) is -2.40. The zero-order valence-electron chi connectivity index (χ0n) is 18.5. The van der Waals surface area contributed by atoms with E-state index in [4.69, 9.17) is 0 Å². The van der Waals surface area contributed by atoms with Crippen molar-refractivity contribution in [2.75, 3.05) is 18.8 Å². The van der Waals surface area contributed by atoms with E-state index < -0.39 is 44.8 Å². The molecule has 1 fully saturated rings. The SMILES string of the molecule is O=C(O)C[C@]1(c2ccc(-c3ccc(OC(F)(F)F)cc3)s2)CCN(C(=O)c2ccsc2)CCS1(=O)=O. The van der Waals surface area contributed by atoms with Gasteiger partial charge in [-0.15, -0.1) is 24.5 Å². The molecule has 13 heteroatoms. The van der Waals surface area contributed by atoms with Crippen LogP contribution in [0.5, 0.6) is 5.75 Å². The Labute approximate surface area is 212 Å². The van der Waals surface area contributed by atoms with Crippen LogP contribution in [-0.2, 0) is 19.4 Å². The van der Waals surface area contributed by atoms with Gasteiger partial charge in [0.25, 0.3) is 5.91 Å². The van der Waals surface area contributed by atoms with Gasteiger partial charge in [0, 0.05) is 28.2 Å². The van der Waals surface area contributed by atoms with E-state index in [2.05, 4.69) is 4.74 Å². The van der Waals surface area contributed by atoms with Gasteiger partial charge >= 0.3 is 12.3 Å². The average Bonchev–Trinajstić information content (AvgIpc) is 3.47. The number of carbonyl (C=O) groups excluding carboxylic acids is 1. The summed E-state index contributed by atoms with van der Waals surface area (Å²) >= 11 is 2.40. The number of amides is 1. The summed E-state index contributed by atoms with van der Waals surface area (Å²) < 4.78 is 66.5. The maximum Gasteiger partial charge on any atom is 0.573 e. The average molecular weight is 560 g/mol. The summed E-state index contributed by atoms with van der Waals surface area (Å²) in [5.41, 5.74) is 0.964. The van der Waals surface area contributed by atoms with E-state index in [0.29, 0.717) is 20.9 Å². The van der Waals surface area contributed by atoms with Crippen molar-refractivity contribution in [3.05, 3.63) is 63.7 Å². The van der Waals surface area contributed by atoms with Crippen LogP contribution in [0, 0.1) is 0 Å². The van der Waals surface area contributed by atoms with E-state index in [9.17, 15) is 36.3 Å². The van der Waals surface area contributed by atoms with Crippen LogP contribution >= 0.6 is 22.7 Å². The molecule has 0 saturated carbocycles. The predicted octanol–water partition coefficient (Wildman–Crippen LogP) is 5.01. The number of carboxylic acid groups (broad SMARTS) is 1. The quantitative estimate of drug-likeness (QED) is 0.456. The van der Waals surface area contributed by atoms with Crippen molar-refractivity contribution in [2.24, 2.45) is 0 Å². The van der Waals surface area contributed by atoms with Crippen molar-refractivity contribution in [1.29, 1.82) is 0 Å². The Morgan fingerprint density at radius 1 is 1.08 bits per heavy atom. The minimum Gasteiger partial charge on any atom is -0.481 e. The number of rotatable bonds is 6. The molecule has 3 heterocycles. The molecule has 3 aromatic rings. The first-order chi connectivity index (χ1) is 16.9. The van der Waals surface area contributed by atoms with E-state index in [-0.39, 0.29) is 25.4 Å². The molecule has 1 aliphatic rings.